The lowest BCUT2D eigenvalue weighted by Gasteiger charge is -2.05. The molecule has 1 atom stereocenters. The Morgan fingerprint density at radius 3 is 2.62 bits per heavy atom. The molecule has 5 heteroatoms. The topological polar surface area (TPSA) is 43.1 Å². The second-order valence-electron chi connectivity index (χ2n) is 2.55. The third-order valence-electron chi connectivity index (χ3n) is 1.63. The maximum atomic E-state index is 10.6. The summed E-state index contributed by atoms with van der Waals surface area (Å²) in [6, 6.07) is 4.89. The van der Waals surface area contributed by atoms with Crippen LogP contribution in [0.25, 0.3) is 0 Å². The van der Waals surface area contributed by atoms with Crippen LogP contribution < -0.4 is 0 Å². The van der Waals surface area contributed by atoms with Gasteiger partial charge in [0.25, 0.3) is 5.69 Å². The summed E-state index contributed by atoms with van der Waals surface area (Å²) in [4.78, 5) is 10.1. The van der Waals surface area contributed by atoms with Gasteiger partial charge in [0.1, 0.15) is 5.02 Å². The van der Waals surface area contributed by atoms with E-state index in [1.54, 1.807) is 12.1 Å². The third kappa shape index (κ3) is 2.19. The molecule has 0 aliphatic heterocycles. The minimum absolute atomic E-state index is 0.0199. The predicted molar refractivity (Wildman–Crippen MR) is 55.4 cm³/mol. The zero-order valence-electron chi connectivity index (χ0n) is 6.83. The molecule has 0 aromatic heterocycles. The van der Waals surface area contributed by atoms with Crippen LogP contribution in [0.1, 0.15) is 17.3 Å². The number of hydrogen-bond acceptors (Lipinski definition) is 2. The fraction of sp³-hybridized carbons (Fsp3) is 0.250. The van der Waals surface area contributed by atoms with Crippen molar-refractivity contribution in [1.29, 1.82) is 0 Å². The molecule has 0 radical (unpaired) electrons. The molecule has 0 amide bonds. The quantitative estimate of drug-likeness (QED) is 0.464. The lowest BCUT2D eigenvalue weighted by molar-refractivity contribution is -0.385. The van der Waals surface area contributed by atoms with Crippen LogP contribution in [0.15, 0.2) is 18.2 Å². The molecule has 0 saturated carbocycles. The van der Waals surface area contributed by atoms with Crippen LogP contribution in [0.5, 0.6) is 0 Å². The second kappa shape index (κ2) is 4.07. The highest BCUT2D eigenvalue weighted by atomic mass is 79.9. The molecule has 1 unspecified atom stereocenters. The van der Waals surface area contributed by atoms with Crippen molar-refractivity contribution in [2.75, 3.05) is 0 Å². The first-order chi connectivity index (χ1) is 6.04. The highest BCUT2D eigenvalue weighted by Crippen LogP contribution is 2.35. The van der Waals surface area contributed by atoms with E-state index in [0.29, 0.717) is 5.56 Å². The van der Waals surface area contributed by atoms with Gasteiger partial charge in [0, 0.05) is 10.4 Å². The van der Waals surface area contributed by atoms with Crippen molar-refractivity contribution in [1.82, 2.24) is 0 Å². The molecule has 1 rings (SSSR count). The van der Waals surface area contributed by atoms with Crippen molar-refractivity contribution in [2.24, 2.45) is 0 Å². The van der Waals surface area contributed by atoms with Gasteiger partial charge < -0.3 is 0 Å². The summed E-state index contributed by atoms with van der Waals surface area (Å²) >= 11 is 8.98. The number of nitro benzene ring substituents is 1. The number of rotatable bonds is 2. The summed E-state index contributed by atoms with van der Waals surface area (Å²) in [6.07, 6.45) is 0. The second-order valence-corrected chi connectivity index (χ2v) is 4.33. The monoisotopic (exact) mass is 263 g/mol. The Labute approximate surface area is 89.0 Å². The number of benzene rings is 1. The average molecular weight is 265 g/mol. The summed E-state index contributed by atoms with van der Waals surface area (Å²) in [5.41, 5.74) is 0.575. The molecule has 3 nitrogen and oxygen atoms in total. The van der Waals surface area contributed by atoms with Gasteiger partial charge in [-0.2, -0.15) is 0 Å². The van der Waals surface area contributed by atoms with Gasteiger partial charge in [-0.1, -0.05) is 39.7 Å². The fourth-order valence-corrected chi connectivity index (χ4v) is 1.67. The number of nitro groups is 1. The SMILES string of the molecule is CC(Br)c1cccc(Cl)c1[N+](=O)[O-]. The number of nitrogens with zero attached hydrogens (tertiary/aromatic N) is 1. The smallest absolute Gasteiger partial charge is 0.258 e. The van der Waals surface area contributed by atoms with Crippen LogP contribution in [0.3, 0.4) is 0 Å². The Hall–Kier alpha value is -0.610. The van der Waals surface area contributed by atoms with Crippen LogP contribution in [0.4, 0.5) is 5.69 Å². The van der Waals surface area contributed by atoms with E-state index in [-0.39, 0.29) is 15.5 Å². The Kier molecular flexibility index (Phi) is 3.27. The molecular formula is C8H7BrClNO2. The Balaban J connectivity index is 3.34. The van der Waals surface area contributed by atoms with Gasteiger partial charge >= 0.3 is 0 Å². The van der Waals surface area contributed by atoms with Crippen molar-refractivity contribution in [3.05, 3.63) is 38.9 Å². The molecular weight excluding hydrogens is 257 g/mol. The molecule has 70 valence electrons. The van der Waals surface area contributed by atoms with Gasteiger partial charge in [-0.15, -0.1) is 0 Å². The Bertz CT molecular complexity index is 341. The van der Waals surface area contributed by atoms with Gasteiger partial charge in [0.15, 0.2) is 0 Å². The summed E-state index contributed by atoms with van der Waals surface area (Å²) in [6.45, 7) is 1.82. The van der Waals surface area contributed by atoms with Crippen LogP contribution in [0.2, 0.25) is 5.02 Å². The van der Waals surface area contributed by atoms with E-state index in [4.69, 9.17) is 11.6 Å². The number of hydrogen-bond donors (Lipinski definition) is 0. The first kappa shape index (κ1) is 10.5. The van der Waals surface area contributed by atoms with Gasteiger partial charge in [0.2, 0.25) is 0 Å². The Morgan fingerprint density at radius 1 is 1.62 bits per heavy atom. The number of alkyl halides is 1. The number of halogens is 2. The lowest BCUT2D eigenvalue weighted by atomic mass is 10.1. The molecule has 0 fully saturated rings. The zero-order valence-corrected chi connectivity index (χ0v) is 9.17. The van der Waals surface area contributed by atoms with E-state index >= 15 is 0 Å². The highest BCUT2D eigenvalue weighted by molar-refractivity contribution is 9.09. The van der Waals surface area contributed by atoms with Crippen LogP contribution >= 0.6 is 27.5 Å². The summed E-state index contributed by atoms with van der Waals surface area (Å²) < 4.78 is 0. The minimum atomic E-state index is -0.463. The summed E-state index contributed by atoms with van der Waals surface area (Å²) in [5.74, 6) is 0. The van der Waals surface area contributed by atoms with Crippen LogP contribution in [-0.4, -0.2) is 4.92 Å². The molecule has 0 spiro atoms. The molecule has 0 heterocycles. The van der Waals surface area contributed by atoms with Gasteiger partial charge in [0.05, 0.1) is 4.92 Å². The molecule has 0 aliphatic rings. The van der Waals surface area contributed by atoms with Crippen molar-refractivity contribution >= 4 is 33.2 Å². The van der Waals surface area contributed by atoms with Gasteiger partial charge in [-0.05, 0) is 13.0 Å². The van der Waals surface area contributed by atoms with E-state index in [2.05, 4.69) is 15.9 Å². The van der Waals surface area contributed by atoms with E-state index in [1.165, 1.54) is 6.07 Å². The molecule has 0 bridgehead atoms. The molecule has 13 heavy (non-hydrogen) atoms. The largest absolute Gasteiger partial charge is 0.292 e. The van der Waals surface area contributed by atoms with Crippen molar-refractivity contribution in [2.45, 2.75) is 11.8 Å². The van der Waals surface area contributed by atoms with Crippen molar-refractivity contribution in [3.8, 4) is 0 Å². The zero-order chi connectivity index (χ0) is 10.0. The molecule has 0 aliphatic carbocycles. The van der Waals surface area contributed by atoms with Crippen LogP contribution in [-0.2, 0) is 0 Å². The van der Waals surface area contributed by atoms with Crippen molar-refractivity contribution < 1.29 is 4.92 Å². The Morgan fingerprint density at radius 2 is 2.23 bits per heavy atom. The number of para-hydroxylation sites is 1. The fourth-order valence-electron chi connectivity index (χ4n) is 1.05. The van der Waals surface area contributed by atoms with Crippen molar-refractivity contribution in [3.63, 3.8) is 0 Å². The minimum Gasteiger partial charge on any atom is -0.258 e. The third-order valence-corrected chi connectivity index (χ3v) is 2.43. The predicted octanol–water partition coefficient (Wildman–Crippen LogP) is 3.70. The maximum Gasteiger partial charge on any atom is 0.292 e. The maximum absolute atomic E-state index is 10.6. The standard InChI is InChI=1S/C8H7BrClNO2/c1-5(9)6-3-2-4-7(10)8(6)11(12)13/h2-5H,1H3. The van der Waals surface area contributed by atoms with E-state index in [0.717, 1.165) is 0 Å². The average Bonchev–Trinajstić information content (AvgIpc) is 2.02. The first-order valence-electron chi connectivity index (χ1n) is 3.61. The first-order valence-corrected chi connectivity index (χ1v) is 4.90. The molecule has 1 aromatic carbocycles. The lowest BCUT2D eigenvalue weighted by Crippen LogP contribution is -1.96. The summed E-state index contributed by atoms with van der Waals surface area (Å²) in [5, 5.41) is 10.8. The molecule has 0 saturated heterocycles. The van der Waals surface area contributed by atoms with E-state index < -0.39 is 4.92 Å². The molecule has 0 N–H and O–H groups in total. The molecule has 1 aromatic rings. The highest BCUT2D eigenvalue weighted by Gasteiger charge is 2.20. The normalized spacial score (nSPS) is 12.5. The van der Waals surface area contributed by atoms with Gasteiger partial charge in [-0.25, -0.2) is 0 Å². The van der Waals surface area contributed by atoms with E-state index in [1.807, 2.05) is 6.92 Å². The van der Waals surface area contributed by atoms with Crippen LogP contribution in [0, 0.1) is 10.1 Å². The van der Waals surface area contributed by atoms with Gasteiger partial charge in [-0.3, -0.25) is 10.1 Å². The van der Waals surface area contributed by atoms with E-state index in [9.17, 15) is 10.1 Å². The summed E-state index contributed by atoms with van der Waals surface area (Å²) in [7, 11) is 0.